The van der Waals surface area contributed by atoms with Crippen molar-refractivity contribution >= 4 is 54.7 Å². The van der Waals surface area contributed by atoms with Crippen molar-refractivity contribution in [3.8, 4) is 0 Å². The topological polar surface area (TPSA) is 0 Å². The van der Waals surface area contributed by atoms with E-state index in [4.69, 9.17) is 11.6 Å². The number of benzene rings is 5. The Morgan fingerprint density at radius 3 is 2.23 bits per heavy atom. The molecule has 0 fully saturated rings. The van der Waals surface area contributed by atoms with Crippen LogP contribution in [-0.2, 0) is 5.88 Å². The van der Waals surface area contributed by atoms with Gasteiger partial charge in [-0.15, -0.1) is 11.6 Å². The van der Waals surface area contributed by atoms with Crippen LogP contribution in [0.2, 0.25) is 0 Å². The Kier molecular flexibility index (Phi) is 2.42. The molecule has 0 saturated heterocycles. The van der Waals surface area contributed by atoms with E-state index >= 15 is 0 Å². The van der Waals surface area contributed by atoms with Gasteiger partial charge < -0.3 is 0 Å². The highest BCUT2D eigenvalue weighted by atomic mass is 35.5. The quantitative estimate of drug-likeness (QED) is 0.189. The summed E-state index contributed by atoms with van der Waals surface area (Å²) in [6.45, 7) is 0. The zero-order valence-electron chi connectivity index (χ0n) is 11.9. The van der Waals surface area contributed by atoms with Gasteiger partial charge in [0, 0.05) is 5.88 Å². The lowest BCUT2D eigenvalue weighted by molar-refractivity contribution is 1.47. The molecule has 0 saturated carbocycles. The first-order valence-electron chi connectivity index (χ1n) is 7.51. The van der Waals surface area contributed by atoms with E-state index in [9.17, 15) is 0 Å². The first-order chi connectivity index (χ1) is 10.9. The second kappa shape index (κ2) is 4.34. The molecule has 0 spiro atoms. The van der Waals surface area contributed by atoms with Crippen LogP contribution in [0.3, 0.4) is 0 Å². The first-order valence-corrected chi connectivity index (χ1v) is 8.04. The highest BCUT2D eigenvalue weighted by Crippen LogP contribution is 2.40. The number of halogens is 1. The molecule has 5 aromatic carbocycles. The standard InChI is InChI=1S/C21H13Cl/c22-12-16-11-19-17-6-2-1-4-14(17)10-15-9-8-13-5-3-7-18(16)20(13)21(15)19/h1-11H,12H2. The maximum Gasteiger partial charge on any atom is 0.0480 e. The molecule has 0 bridgehead atoms. The van der Waals surface area contributed by atoms with Crippen LogP contribution < -0.4 is 0 Å². The second-order valence-corrected chi connectivity index (χ2v) is 6.15. The molecule has 0 aromatic heterocycles. The first kappa shape index (κ1) is 12.3. The zero-order chi connectivity index (χ0) is 14.7. The average Bonchev–Trinajstić information content (AvgIpc) is 2.58. The van der Waals surface area contributed by atoms with Gasteiger partial charge in [-0.05, 0) is 60.8 Å². The number of rotatable bonds is 1. The van der Waals surface area contributed by atoms with Crippen molar-refractivity contribution in [2.45, 2.75) is 5.88 Å². The lowest BCUT2D eigenvalue weighted by atomic mass is 9.89. The highest BCUT2D eigenvalue weighted by Gasteiger charge is 2.13. The molecule has 0 nitrogen and oxygen atoms in total. The van der Waals surface area contributed by atoms with Crippen LogP contribution in [0.25, 0.3) is 43.1 Å². The van der Waals surface area contributed by atoms with Gasteiger partial charge in [-0.25, -0.2) is 0 Å². The summed E-state index contributed by atoms with van der Waals surface area (Å²) in [6.07, 6.45) is 0. The smallest absolute Gasteiger partial charge is 0.0480 e. The van der Waals surface area contributed by atoms with Crippen LogP contribution in [0.1, 0.15) is 5.56 Å². The van der Waals surface area contributed by atoms with Gasteiger partial charge in [0.1, 0.15) is 0 Å². The molecule has 0 N–H and O–H groups in total. The summed E-state index contributed by atoms with van der Waals surface area (Å²) in [7, 11) is 0. The Bertz CT molecular complexity index is 1150. The van der Waals surface area contributed by atoms with E-state index in [2.05, 4.69) is 66.7 Å². The molecule has 0 radical (unpaired) electrons. The molecular formula is C21H13Cl. The van der Waals surface area contributed by atoms with Crippen LogP contribution in [0.5, 0.6) is 0 Å². The Labute approximate surface area is 133 Å². The van der Waals surface area contributed by atoms with Gasteiger partial charge in [-0.2, -0.15) is 0 Å². The molecule has 0 aliphatic heterocycles. The normalized spacial score (nSPS) is 12.0. The fraction of sp³-hybridized carbons (Fsp3) is 0.0476. The predicted octanol–water partition coefficient (Wildman–Crippen LogP) is 6.48. The van der Waals surface area contributed by atoms with E-state index < -0.39 is 0 Å². The Balaban J connectivity index is 2.21. The average molecular weight is 301 g/mol. The van der Waals surface area contributed by atoms with Crippen molar-refractivity contribution in [1.29, 1.82) is 0 Å². The molecule has 1 heteroatoms. The molecule has 22 heavy (non-hydrogen) atoms. The van der Waals surface area contributed by atoms with E-state index in [-0.39, 0.29) is 0 Å². The summed E-state index contributed by atoms with van der Waals surface area (Å²) in [5.74, 6) is 0.540. The number of fused-ring (bicyclic) bond motifs is 2. The van der Waals surface area contributed by atoms with E-state index in [1.54, 1.807) is 0 Å². The number of alkyl halides is 1. The van der Waals surface area contributed by atoms with Gasteiger partial charge in [0.25, 0.3) is 0 Å². The fourth-order valence-electron chi connectivity index (χ4n) is 3.76. The van der Waals surface area contributed by atoms with Crippen LogP contribution in [-0.4, -0.2) is 0 Å². The Morgan fingerprint density at radius 2 is 1.32 bits per heavy atom. The fourth-order valence-corrected chi connectivity index (χ4v) is 3.98. The van der Waals surface area contributed by atoms with E-state index in [1.165, 1.54) is 48.7 Å². The third kappa shape index (κ3) is 1.48. The van der Waals surface area contributed by atoms with Gasteiger partial charge in [0.2, 0.25) is 0 Å². The van der Waals surface area contributed by atoms with Crippen LogP contribution >= 0.6 is 11.6 Å². The van der Waals surface area contributed by atoms with E-state index in [0.717, 1.165) is 0 Å². The lowest BCUT2D eigenvalue weighted by Gasteiger charge is -2.15. The summed E-state index contributed by atoms with van der Waals surface area (Å²) in [6, 6.07) is 24.1. The van der Waals surface area contributed by atoms with Crippen molar-refractivity contribution in [3.05, 3.63) is 72.3 Å². The van der Waals surface area contributed by atoms with E-state index in [1.807, 2.05) is 0 Å². The highest BCUT2D eigenvalue weighted by molar-refractivity contribution is 6.30. The molecule has 0 heterocycles. The summed E-state index contributed by atoms with van der Waals surface area (Å²) < 4.78 is 0. The molecule has 0 aliphatic rings. The zero-order valence-corrected chi connectivity index (χ0v) is 12.7. The largest absolute Gasteiger partial charge is 0.122 e. The van der Waals surface area contributed by atoms with Crippen molar-refractivity contribution < 1.29 is 0 Å². The van der Waals surface area contributed by atoms with Gasteiger partial charge in [0.15, 0.2) is 0 Å². The van der Waals surface area contributed by atoms with Crippen molar-refractivity contribution in [3.63, 3.8) is 0 Å². The molecule has 5 rings (SSSR count). The lowest BCUT2D eigenvalue weighted by Crippen LogP contribution is -1.89. The monoisotopic (exact) mass is 300 g/mol. The Morgan fingerprint density at radius 1 is 0.591 bits per heavy atom. The minimum Gasteiger partial charge on any atom is -0.122 e. The van der Waals surface area contributed by atoms with Gasteiger partial charge in [-0.1, -0.05) is 54.6 Å². The number of hydrogen-bond donors (Lipinski definition) is 0. The second-order valence-electron chi connectivity index (χ2n) is 5.88. The minimum absolute atomic E-state index is 0.540. The molecule has 0 unspecified atom stereocenters. The molecule has 0 amide bonds. The Hall–Kier alpha value is -2.31. The summed E-state index contributed by atoms with van der Waals surface area (Å²) in [5.41, 5.74) is 1.21. The minimum atomic E-state index is 0.540. The molecule has 5 aromatic rings. The predicted molar refractivity (Wildman–Crippen MR) is 97.2 cm³/mol. The SMILES string of the molecule is ClCc1cc2c3ccccc3cc3ccc4cccc1c4c32. The van der Waals surface area contributed by atoms with Crippen molar-refractivity contribution in [2.75, 3.05) is 0 Å². The van der Waals surface area contributed by atoms with Crippen molar-refractivity contribution in [2.24, 2.45) is 0 Å². The third-order valence-corrected chi connectivity index (χ3v) is 5.01. The molecular weight excluding hydrogens is 288 g/mol. The summed E-state index contributed by atoms with van der Waals surface area (Å²) >= 11 is 6.25. The van der Waals surface area contributed by atoms with E-state index in [0.29, 0.717) is 5.88 Å². The van der Waals surface area contributed by atoms with Crippen LogP contribution in [0, 0.1) is 0 Å². The number of hydrogen-bond acceptors (Lipinski definition) is 0. The van der Waals surface area contributed by atoms with Crippen LogP contribution in [0.4, 0.5) is 0 Å². The molecule has 104 valence electrons. The third-order valence-electron chi connectivity index (χ3n) is 4.72. The summed E-state index contributed by atoms with van der Waals surface area (Å²) in [4.78, 5) is 0. The van der Waals surface area contributed by atoms with Gasteiger partial charge in [-0.3, -0.25) is 0 Å². The van der Waals surface area contributed by atoms with Crippen molar-refractivity contribution in [1.82, 2.24) is 0 Å². The van der Waals surface area contributed by atoms with Gasteiger partial charge in [0.05, 0.1) is 0 Å². The molecule has 0 aliphatic carbocycles. The maximum atomic E-state index is 6.25. The molecule has 0 atom stereocenters. The summed E-state index contributed by atoms with van der Waals surface area (Å²) in [5, 5.41) is 10.5. The maximum absolute atomic E-state index is 6.25. The van der Waals surface area contributed by atoms with Crippen LogP contribution in [0.15, 0.2) is 66.7 Å². The van der Waals surface area contributed by atoms with Gasteiger partial charge >= 0.3 is 0 Å².